The highest BCUT2D eigenvalue weighted by atomic mass is 15.1. The summed E-state index contributed by atoms with van der Waals surface area (Å²) in [6, 6.07) is 0. The molecule has 1 unspecified atom stereocenters. The minimum absolute atomic E-state index is 0.413. The molecule has 0 radical (unpaired) electrons. The Morgan fingerprint density at radius 1 is 1.25 bits per heavy atom. The summed E-state index contributed by atoms with van der Waals surface area (Å²) in [5.74, 6) is 1.16. The first-order chi connectivity index (χ1) is 9.54. The summed E-state index contributed by atoms with van der Waals surface area (Å²) in [6.45, 7) is 10.4. The summed E-state index contributed by atoms with van der Waals surface area (Å²) in [5, 5.41) is 3.38. The van der Waals surface area contributed by atoms with Gasteiger partial charge in [0.2, 0.25) is 0 Å². The van der Waals surface area contributed by atoms with Crippen molar-refractivity contribution in [1.82, 2.24) is 24.8 Å². The molecular weight excluding hydrogens is 250 g/mol. The maximum atomic E-state index is 4.67. The second-order valence-corrected chi connectivity index (χ2v) is 5.23. The molecule has 0 spiro atoms. The number of nitrogens with one attached hydrogen (secondary N) is 1. The van der Waals surface area contributed by atoms with Gasteiger partial charge >= 0.3 is 0 Å². The molecule has 0 aliphatic carbocycles. The number of aromatic nitrogens is 4. The van der Waals surface area contributed by atoms with Gasteiger partial charge in [0, 0.05) is 25.0 Å². The number of aryl methyl sites for hydroxylation is 3. The van der Waals surface area contributed by atoms with Crippen LogP contribution in [-0.4, -0.2) is 32.6 Å². The number of rotatable bonds is 5. The first-order valence-corrected chi connectivity index (χ1v) is 7.07. The van der Waals surface area contributed by atoms with Gasteiger partial charge in [-0.2, -0.15) is 0 Å². The van der Waals surface area contributed by atoms with E-state index in [4.69, 9.17) is 0 Å². The molecule has 1 atom stereocenters. The molecule has 0 fully saturated rings. The van der Waals surface area contributed by atoms with Gasteiger partial charge in [-0.15, -0.1) is 0 Å². The van der Waals surface area contributed by atoms with Gasteiger partial charge < -0.3 is 9.88 Å². The molecule has 2 heterocycles. The molecule has 2 aromatic rings. The van der Waals surface area contributed by atoms with E-state index in [9.17, 15) is 0 Å². The predicted octanol–water partition coefficient (Wildman–Crippen LogP) is 2.21. The van der Waals surface area contributed by atoms with E-state index in [1.54, 1.807) is 12.5 Å². The van der Waals surface area contributed by atoms with Crippen molar-refractivity contribution in [3.05, 3.63) is 29.5 Å². The van der Waals surface area contributed by atoms with Crippen LogP contribution in [0.1, 0.15) is 36.7 Å². The van der Waals surface area contributed by atoms with Crippen molar-refractivity contribution in [2.24, 2.45) is 7.05 Å². The Kier molecular flexibility index (Phi) is 4.49. The third kappa shape index (κ3) is 2.88. The van der Waals surface area contributed by atoms with Crippen LogP contribution in [0.4, 0.5) is 0 Å². The molecule has 0 saturated heterocycles. The van der Waals surface area contributed by atoms with Crippen LogP contribution >= 0.6 is 0 Å². The molecule has 2 rings (SSSR count). The summed E-state index contributed by atoms with van der Waals surface area (Å²) >= 11 is 0. The first kappa shape index (κ1) is 14.7. The average Bonchev–Trinajstić information content (AvgIpc) is 2.81. The van der Waals surface area contributed by atoms with Gasteiger partial charge in [-0.1, -0.05) is 13.8 Å². The van der Waals surface area contributed by atoms with E-state index in [-0.39, 0.29) is 0 Å². The lowest BCUT2D eigenvalue weighted by Crippen LogP contribution is -2.21. The number of likely N-dealkylation sites (N-methyl/N-ethyl adjacent to an activating group) is 1. The maximum absolute atomic E-state index is 4.67. The molecular formula is C15H23N5. The van der Waals surface area contributed by atoms with Crippen LogP contribution < -0.4 is 5.32 Å². The molecule has 0 aromatic carbocycles. The van der Waals surface area contributed by atoms with Crippen LogP contribution in [0.2, 0.25) is 0 Å². The lowest BCUT2D eigenvalue weighted by Gasteiger charge is -2.17. The van der Waals surface area contributed by atoms with Gasteiger partial charge in [-0.3, -0.25) is 0 Å². The quantitative estimate of drug-likeness (QED) is 0.907. The highest BCUT2D eigenvalue weighted by molar-refractivity contribution is 5.50. The fourth-order valence-corrected chi connectivity index (χ4v) is 2.59. The second-order valence-electron chi connectivity index (χ2n) is 5.23. The summed E-state index contributed by atoms with van der Waals surface area (Å²) in [5.41, 5.74) is 4.30. The van der Waals surface area contributed by atoms with E-state index in [2.05, 4.69) is 48.0 Å². The monoisotopic (exact) mass is 273 g/mol. The zero-order valence-corrected chi connectivity index (χ0v) is 12.9. The Bertz CT molecular complexity index is 565. The third-order valence-corrected chi connectivity index (χ3v) is 3.57. The standard InChI is InChI=1S/C15H23N5/c1-6-16-7-10(2)14-11(3)18-15(19-12(14)4)13-8-17-9-20(13)5/h8-10,16H,6-7H2,1-5H3. The molecule has 0 aliphatic rings. The minimum Gasteiger partial charge on any atom is -0.331 e. The molecule has 20 heavy (non-hydrogen) atoms. The van der Waals surface area contributed by atoms with Gasteiger partial charge in [0.1, 0.15) is 5.69 Å². The topological polar surface area (TPSA) is 55.6 Å². The molecule has 0 amide bonds. The fourth-order valence-electron chi connectivity index (χ4n) is 2.59. The van der Waals surface area contributed by atoms with Crippen molar-refractivity contribution in [3.63, 3.8) is 0 Å². The lowest BCUT2D eigenvalue weighted by molar-refractivity contribution is 0.624. The van der Waals surface area contributed by atoms with Gasteiger partial charge in [-0.25, -0.2) is 15.0 Å². The molecule has 1 N–H and O–H groups in total. The van der Waals surface area contributed by atoms with Crippen molar-refractivity contribution in [2.45, 2.75) is 33.6 Å². The van der Waals surface area contributed by atoms with Gasteiger partial charge in [0.25, 0.3) is 0 Å². The van der Waals surface area contributed by atoms with Crippen molar-refractivity contribution >= 4 is 0 Å². The summed E-state index contributed by atoms with van der Waals surface area (Å²) in [4.78, 5) is 13.5. The smallest absolute Gasteiger partial charge is 0.178 e. The normalized spacial score (nSPS) is 12.7. The highest BCUT2D eigenvalue weighted by Gasteiger charge is 2.16. The van der Waals surface area contributed by atoms with Crippen molar-refractivity contribution < 1.29 is 0 Å². The Balaban J connectivity index is 2.36. The third-order valence-electron chi connectivity index (χ3n) is 3.57. The Labute approximate surface area is 120 Å². The van der Waals surface area contributed by atoms with E-state index in [0.29, 0.717) is 5.92 Å². The molecule has 0 bridgehead atoms. The van der Waals surface area contributed by atoms with Crippen molar-refractivity contribution in [2.75, 3.05) is 13.1 Å². The molecule has 5 nitrogen and oxygen atoms in total. The lowest BCUT2D eigenvalue weighted by atomic mass is 9.98. The predicted molar refractivity (Wildman–Crippen MR) is 80.7 cm³/mol. The van der Waals surface area contributed by atoms with Crippen LogP contribution in [0.15, 0.2) is 12.5 Å². The zero-order chi connectivity index (χ0) is 14.7. The summed E-state index contributed by atoms with van der Waals surface area (Å²) < 4.78 is 1.94. The second kappa shape index (κ2) is 6.13. The average molecular weight is 273 g/mol. The van der Waals surface area contributed by atoms with E-state index >= 15 is 0 Å². The number of hydrogen-bond donors (Lipinski definition) is 1. The number of hydrogen-bond acceptors (Lipinski definition) is 4. The largest absolute Gasteiger partial charge is 0.331 e. The van der Waals surface area contributed by atoms with Gasteiger partial charge in [0.15, 0.2) is 5.82 Å². The highest BCUT2D eigenvalue weighted by Crippen LogP contribution is 2.23. The summed E-state index contributed by atoms with van der Waals surface area (Å²) in [6.07, 6.45) is 3.57. The maximum Gasteiger partial charge on any atom is 0.178 e. The van der Waals surface area contributed by atoms with Crippen molar-refractivity contribution in [3.8, 4) is 11.5 Å². The molecule has 2 aromatic heterocycles. The van der Waals surface area contributed by atoms with Crippen LogP contribution in [-0.2, 0) is 7.05 Å². The number of imidazole rings is 1. The van der Waals surface area contributed by atoms with Crippen LogP contribution in [0.5, 0.6) is 0 Å². The van der Waals surface area contributed by atoms with Crippen LogP contribution in [0, 0.1) is 13.8 Å². The Morgan fingerprint density at radius 3 is 2.40 bits per heavy atom. The molecule has 5 heteroatoms. The zero-order valence-electron chi connectivity index (χ0n) is 12.9. The molecule has 108 valence electrons. The van der Waals surface area contributed by atoms with Crippen LogP contribution in [0.25, 0.3) is 11.5 Å². The van der Waals surface area contributed by atoms with E-state index < -0.39 is 0 Å². The van der Waals surface area contributed by atoms with E-state index in [1.165, 1.54) is 5.56 Å². The first-order valence-electron chi connectivity index (χ1n) is 7.07. The Morgan fingerprint density at radius 2 is 1.90 bits per heavy atom. The van der Waals surface area contributed by atoms with Gasteiger partial charge in [-0.05, 0) is 31.9 Å². The number of nitrogens with zero attached hydrogens (tertiary/aromatic N) is 4. The summed E-state index contributed by atoms with van der Waals surface area (Å²) in [7, 11) is 1.96. The van der Waals surface area contributed by atoms with Gasteiger partial charge in [0.05, 0.1) is 12.5 Å². The van der Waals surface area contributed by atoms with Crippen molar-refractivity contribution in [1.29, 1.82) is 0 Å². The SMILES string of the molecule is CCNCC(C)c1c(C)nc(-c2cncn2C)nc1C. The molecule has 0 saturated carbocycles. The van der Waals surface area contributed by atoms with E-state index in [0.717, 1.165) is 36.0 Å². The fraction of sp³-hybridized carbons (Fsp3) is 0.533. The van der Waals surface area contributed by atoms with E-state index in [1.807, 2.05) is 11.6 Å². The van der Waals surface area contributed by atoms with Crippen LogP contribution in [0.3, 0.4) is 0 Å². The molecule has 0 aliphatic heterocycles. The minimum atomic E-state index is 0.413. The Hall–Kier alpha value is -1.75.